The lowest BCUT2D eigenvalue weighted by Crippen LogP contribution is -2.22. The van der Waals surface area contributed by atoms with Gasteiger partial charge in [-0.15, -0.1) is 13.2 Å². The first-order chi connectivity index (χ1) is 8.06. The second kappa shape index (κ2) is 4.63. The molecule has 102 valence electrons. The number of aromatic nitrogens is 1. The molecule has 0 aromatic carbocycles. The quantitative estimate of drug-likeness (QED) is 0.843. The highest BCUT2D eigenvalue weighted by Gasteiger charge is 2.39. The van der Waals surface area contributed by atoms with Crippen LogP contribution in [0.1, 0.15) is 16.8 Å². The first kappa shape index (κ1) is 14.6. The number of rotatable bonds is 2. The number of ether oxygens (including phenoxy) is 1. The standard InChI is InChI=1S/C9H8F6N2O/c1-4-7(8(10,11)12)5(2-16)6(3-17-4)18-9(13,14)15/h3H,2,16H2,1H3. The predicted octanol–water partition coefficient (Wildman–Crippen LogP) is 2.77. The molecule has 3 nitrogen and oxygen atoms in total. The van der Waals surface area contributed by atoms with Crippen LogP contribution < -0.4 is 10.5 Å². The summed E-state index contributed by atoms with van der Waals surface area (Å²) < 4.78 is 77.5. The first-order valence-corrected chi connectivity index (χ1v) is 4.57. The van der Waals surface area contributed by atoms with Gasteiger partial charge in [0.25, 0.3) is 0 Å². The molecule has 0 saturated heterocycles. The van der Waals surface area contributed by atoms with Gasteiger partial charge >= 0.3 is 12.5 Å². The van der Waals surface area contributed by atoms with Crippen LogP contribution in [0.2, 0.25) is 0 Å². The minimum absolute atomic E-state index is 0.461. The summed E-state index contributed by atoms with van der Waals surface area (Å²) in [5.74, 6) is -1.04. The van der Waals surface area contributed by atoms with Crippen molar-refractivity contribution >= 4 is 0 Å². The third-order valence-electron chi connectivity index (χ3n) is 2.05. The molecule has 18 heavy (non-hydrogen) atoms. The van der Waals surface area contributed by atoms with E-state index in [4.69, 9.17) is 5.73 Å². The smallest absolute Gasteiger partial charge is 0.404 e. The number of aryl methyl sites for hydroxylation is 1. The highest BCUT2D eigenvalue weighted by Crippen LogP contribution is 2.38. The SMILES string of the molecule is Cc1ncc(OC(F)(F)F)c(CN)c1C(F)(F)F. The van der Waals surface area contributed by atoms with Gasteiger partial charge in [-0.3, -0.25) is 4.98 Å². The van der Waals surface area contributed by atoms with Crippen molar-refractivity contribution in [2.24, 2.45) is 5.73 Å². The Bertz CT molecular complexity index is 440. The monoisotopic (exact) mass is 274 g/mol. The molecule has 0 atom stereocenters. The van der Waals surface area contributed by atoms with Crippen molar-refractivity contribution in [2.75, 3.05) is 0 Å². The summed E-state index contributed by atoms with van der Waals surface area (Å²) >= 11 is 0. The third kappa shape index (κ3) is 3.25. The van der Waals surface area contributed by atoms with Gasteiger partial charge in [-0.25, -0.2) is 0 Å². The number of halogens is 6. The van der Waals surface area contributed by atoms with E-state index in [0.717, 1.165) is 6.92 Å². The van der Waals surface area contributed by atoms with E-state index in [2.05, 4.69) is 9.72 Å². The summed E-state index contributed by atoms with van der Waals surface area (Å²) in [4.78, 5) is 3.24. The van der Waals surface area contributed by atoms with Gasteiger partial charge < -0.3 is 10.5 Å². The average molecular weight is 274 g/mol. The molecule has 2 N–H and O–H groups in total. The van der Waals surface area contributed by atoms with Gasteiger partial charge in [0.1, 0.15) is 0 Å². The molecule has 0 fully saturated rings. The predicted molar refractivity (Wildman–Crippen MR) is 48.6 cm³/mol. The fourth-order valence-corrected chi connectivity index (χ4v) is 1.43. The number of hydrogen-bond acceptors (Lipinski definition) is 3. The molecule has 1 aromatic rings. The van der Waals surface area contributed by atoms with Gasteiger partial charge in [-0.1, -0.05) is 0 Å². The van der Waals surface area contributed by atoms with Gasteiger partial charge in [-0.2, -0.15) is 13.2 Å². The Morgan fingerprint density at radius 3 is 2.17 bits per heavy atom. The van der Waals surface area contributed by atoms with Gasteiger partial charge in [0.15, 0.2) is 5.75 Å². The van der Waals surface area contributed by atoms with Crippen molar-refractivity contribution in [3.63, 3.8) is 0 Å². The molecule has 0 radical (unpaired) electrons. The van der Waals surface area contributed by atoms with E-state index in [-0.39, 0.29) is 0 Å². The Morgan fingerprint density at radius 2 is 1.78 bits per heavy atom. The normalized spacial score (nSPS) is 12.7. The average Bonchev–Trinajstić information content (AvgIpc) is 2.16. The van der Waals surface area contributed by atoms with Gasteiger partial charge in [-0.05, 0) is 6.92 Å². The molecule has 0 unspecified atom stereocenters. The summed E-state index contributed by atoms with van der Waals surface area (Å²) in [6.07, 6.45) is -9.39. The van der Waals surface area contributed by atoms with E-state index in [9.17, 15) is 26.3 Å². The molecule has 0 spiro atoms. The highest BCUT2D eigenvalue weighted by atomic mass is 19.4. The molecule has 0 saturated carbocycles. The second-order valence-corrected chi connectivity index (χ2v) is 3.31. The fraction of sp³-hybridized carbons (Fsp3) is 0.444. The molecule has 0 aliphatic carbocycles. The van der Waals surface area contributed by atoms with E-state index in [1.807, 2.05) is 0 Å². The topological polar surface area (TPSA) is 48.1 Å². The lowest BCUT2D eigenvalue weighted by atomic mass is 10.1. The molecule has 0 amide bonds. The van der Waals surface area contributed by atoms with E-state index in [0.29, 0.717) is 6.20 Å². The Morgan fingerprint density at radius 1 is 1.22 bits per heavy atom. The first-order valence-electron chi connectivity index (χ1n) is 4.57. The Balaban J connectivity index is 3.39. The number of nitrogens with two attached hydrogens (primary N) is 1. The largest absolute Gasteiger partial charge is 0.573 e. The number of alkyl halides is 6. The van der Waals surface area contributed by atoms with Crippen LogP contribution in [-0.4, -0.2) is 11.3 Å². The molecule has 0 bridgehead atoms. The molecular weight excluding hydrogens is 266 g/mol. The Labute approximate surface area is 97.6 Å². The van der Waals surface area contributed by atoms with Crippen LogP contribution in [0, 0.1) is 6.92 Å². The van der Waals surface area contributed by atoms with Gasteiger partial charge in [0.05, 0.1) is 17.5 Å². The summed E-state index contributed by atoms with van der Waals surface area (Å²) in [6, 6.07) is 0. The second-order valence-electron chi connectivity index (χ2n) is 3.31. The van der Waals surface area contributed by atoms with Crippen molar-refractivity contribution in [3.8, 4) is 5.75 Å². The maximum Gasteiger partial charge on any atom is 0.573 e. The number of hydrogen-bond donors (Lipinski definition) is 1. The van der Waals surface area contributed by atoms with Gasteiger partial charge in [0, 0.05) is 12.1 Å². The van der Waals surface area contributed by atoms with Crippen LogP contribution in [0.15, 0.2) is 6.20 Å². The van der Waals surface area contributed by atoms with Crippen LogP contribution in [0.5, 0.6) is 5.75 Å². The fourth-order valence-electron chi connectivity index (χ4n) is 1.43. The van der Waals surface area contributed by atoms with Crippen molar-refractivity contribution in [2.45, 2.75) is 26.0 Å². The van der Waals surface area contributed by atoms with Gasteiger partial charge in [0.2, 0.25) is 0 Å². The molecule has 1 heterocycles. The summed E-state index contributed by atoms with van der Waals surface area (Å²) in [5.41, 5.74) is 2.53. The van der Waals surface area contributed by atoms with Crippen molar-refractivity contribution in [1.29, 1.82) is 0 Å². The number of pyridine rings is 1. The zero-order valence-electron chi connectivity index (χ0n) is 8.99. The summed E-state index contributed by atoms with van der Waals surface area (Å²) in [7, 11) is 0. The minimum atomic E-state index is -5.11. The Hall–Kier alpha value is -1.51. The van der Waals surface area contributed by atoms with Crippen LogP contribution in [0.4, 0.5) is 26.3 Å². The zero-order valence-corrected chi connectivity index (χ0v) is 8.99. The van der Waals surface area contributed by atoms with E-state index >= 15 is 0 Å². The number of nitrogens with zero attached hydrogens (tertiary/aromatic N) is 1. The van der Waals surface area contributed by atoms with Crippen molar-refractivity contribution in [1.82, 2.24) is 4.98 Å². The minimum Gasteiger partial charge on any atom is -0.404 e. The maximum absolute atomic E-state index is 12.7. The lowest BCUT2D eigenvalue weighted by Gasteiger charge is -2.18. The Kier molecular flexibility index (Phi) is 3.75. The molecule has 9 heteroatoms. The zero-order chi connectivity index (χ0) is 14.1. The third-order valence-corrected chi connectivity index (χ3v) is 2.05. The molecule has 0 aliphatic heterocycles. The lowest BCUT2D eigenvalue weighted by molar-refractivity contribution is -0.275. The van der Waals surface area contributed by atoms with E-state index < -0.39 is 41.7 Å². The maximum atomic E-state index is 12.7. The van der Waals surface area contributed by atoms with Crippen LogP contribution in [-0.2, 0) is 12.7 Å². The summed E-state index contributed by atoms with van der Waals surface area (Å²) in [5, 5.41) is 0. The summed E-state index contributed by atoms with van der Waals surface area (Å²) in [6.45, 7) is 0.281. The molecule has 1 rings (SSSR count). The molecule has 1 aromatic heterocycles. The molecular formula is C9H8F6N2O. The molecule has 0 aliphatic rings. The highest BCUT2D eigenvalue weighted by molar-refractivity contribution is 5.42. The van der Waals surface area contributed by atoms with Crippen LogP contribution in [0.3, 0.4) is 0 Å². The van der Waals surface area contributed by atoms with Crippen molar-refractivity contribution in [3.05, 3.63) is 23.0 Å². The van der Waals surface area contributed by atoms with E-state index in [1.54, 1.807) is 0 Å². The van der Waals surface area contributed by atoms with Crippen LogP contribution in [0.25, 0.3) is 0 Å². The van der Waals surface area contributed by atoms with E-state index in [1.165, 1.54) is 0 Å². The van der Waals surface area contributed by atoms with Crippen molar-refractivity contribution < 1.29 is 31.1 Å². The van der Waals surface area contributed by atoms with Crippen LogP contribution >= 0.6 is 0 Å².